The van der Waals surface area contributed by atoms with E-state index in [9.17, 15) is 4.79 Å². The topological polar surface area (TPSA) is 61.6 Å². The summed E-state index contributed by atoms with van der Waals surface area (Å²) >= 11 is 0. The van der Waals surface area contributed by atoms with Crippen LogP contribution >= 0.6 is 0 Å². The number of nitrogen functional groups attached to an aromatic ring is 1. The zero-order valence-electron chi connectivity index (χ0n) is 9.72. The van der Waals surface area contributed by atoms with Crippen molar-refractivity contribution < 1.29 is 14.3 Å². The Kier molecular flexibility index (Phi) is 3.98. The minimum Gasteiger partial charge on any atom is -0.438 e. The van der Waals surface area contributed by atoms with Crippen LogP contribution in [0.2, 0.25) is 0 Å². The number of carbonyl (C=O) groups is 1. The van der Waals surface area contributed by atoms with Gasteiger partial charge in [0.15, 0.2) is 6.79 Å². The molecule has 0 spiro atoms. The summed E-state index contributed by atoms with van der Waals surface area (Å²) in [7, 11) is 0. The van der Waals surface area contributed by atoms with Crippen molar-refractivity contribution in [2.24, 2.45) is 5.92 Å². The molecular formula is C13H17NO3. The van der Waals surface area contributed by atoms with E-state index in [2.05, 4.69) is 0 Å². The lowest BCUT2D eigenvalue weighted by atomic mass is 10.1. The zero-order chi connectivity index (χ0) is 12.1. The van der Waals surface area contributed by atoms with Gasteiger partial charge in [-0.05, 0) is 30.4 Å². The molecule has 0 atom stereocenters. The van der Waals surface area contributed by atoms with Crippen molar-refractivity contribution in [1.82, 2.24) is 0 Å². The Morgan fingerprint density at radius 1 is 1.35 bits per heavy atom. The summed E-state index contributed by atoms with van der Waals surface area (Å²) in [5.74, 6) is 0.372. The maximum absolute atomic E-state index is 11.5. The van der Waals surface area contributed by atoms with Crippen LogP contribution in [0.4, 0.5) is 5.69 Å². The number of carbonyl (C=O) groups excluding carboxylic acids is 1. The van der Waals surface area contributed by atoms with E-state index in [-0.39, 0.29) is 19.2 Å². The Bertz CT molecular complexity index is 388. The molecule has 4 nitrogen and oxygen atoms in total. The molecular weight excluding hydrogens is 218 g/mol. The molecule has 0 radical (unpaired) electrons. The second-order valence-corrected chi connectivity index (χ2v) is 4.32. The largest absolute Gasteiger partial charge is 0.438 e. The first-order valence-corrected chi connectivity index (χ1v) is 5.82. The van der Waals surface area contributed by atoms with Gasteiger partial charge in [-0.1, -0.05) is 18.2 Å². The number of nitrogens with two attached hydrogens (primary N) is 1. The Morgan fingerprint density at radius 3 is 2.82 bits per heavy atom. The van der Waals surface area contributed by atoms with Crippen LogP contribution in [-0.2, 0) is 20.7 Å². The van der Waals surface area contributed by atoms with E-state index >= 15 is 0 Å². The van der Waals surface area contributed by atoms with Crippen molar-refractivity contribution in [2.75, 3.05) is 19.1 Å². The third kappa shape index (κ3) is 4.07. The van der Waals surface area contributed by atoms with Gasteiger partial charge in [0.2, 0.25) is 0 Å². The molecule has 0 aliphatic heterocycles. The van der Waals surface area contributed by atoms with Gasteiger partial charge in [-0.3, -0.25) is 4.79 Å². The Morgan fingerprint density at radius 2 is 2.12 bits per heavy atom. The molecule has 1 aliphatic carbocycles. The van der Waals surface area contributed by atoms with Crippen molar-refractivity contribution in [3.05, 3.63) is 29.8 Å². The van der Waals surface area contributed by atoms with E-state index < -0.39 is 0 Å². The highest BCUT2D eigenvalue weighted by molar-refractivity contribution is 5.74. The summed E-state index contributed by atoms with van der Waals surface area (Å²) < 4.78 is 10.2. The fourth-order valence-electron chi connectivity index (χ4n) is 1.51. The van der Waals surface area contributed by atoms with E-state index in [1.165, 1.54) is 12.8 Å². The minimum absolute atomic E-state index is 0.0437. The highest BCUT2D eigenvalue weighted by atomic mass is 16.7. The molecule has 92 valence electrons. The quantitative estimate of drug-likeness (QED) is 0.353. The highest BCUT2D eigenvalue weighted by Crippen LogP contribution is 2.28. The number of benzene rings is 1. The molecule has 0 heterocycles. The molecule has 17 heavy (non-hydrogen) atoms. The second kappa shape index (κ2) is 5.68. The van der Waals surface area contributed by atoms with Crippen LogP contribution in [0.1, 0.15) is 18.4 Å². The molecule has 2 N–H and O–H groups in total. The first kappa shape index (κ1) is 11.9. The SMILES string of the molecule is Nc1ccccc1CC(=O)OCOCC1CC1. The van der Waals surface area contributed by atoms with Crippen LogP contribution in [0.25, 0.3) is 0 Å². The van der Waals surface area contributed by atoms with Gasteiger partial charge in [0.05, 0.1) is 13.0 Å². The third-order valence-corrected chi connectivity index (χ3v) is 2.74. The molecule has 0 saturated heterocycles. The van der Waals surface area contributed by atoms with Crippen molar-refractivity contribution in [2.45, 2.75) is 19.3 Å². The lowest BCUT2D eigenvalue weighted by molar-refractivity contribution is -0.155. The normalized spacial score (nSPS) is 14.6. The number of anilines is 1. The van der Waals surface area contributed by atoms with Crippen LogP contribution in [0.3, 0.4) is 0 Å². The molecule has 1 saturated carbocycles. The monoisotopic (exact) mass is 235 g/mol. The van der Waals surface area contributed by atoms with E-state index in [0.29, 0.717) is 18.2 Å². The summed E-state index contributed by atoms with van der Waals surface area (Å²) in [6.07, 6.45) is 2.66. The lowest BCUT2D eigenvalue weighted by Crippen LogP contribution is -2.12. The molecule has 1 aromatic carbocycles. The molecule has 1 fully saturated rings. The Labute approximate surface area is 101 Å². The van der Waals surface area contributed by atoms with Gasteiger partial charge in [-0.2, -0.15) is 0 Å². The van der Waals surface area contributed by atoms with Crippen molar-refractivity contribution in [1.29, 1.82) is 0 Å². The van der Waals surface area contributed by atoms with Crippen LogP contribution in [0.5, 0.6) is 0 Å². The lowest BCUT2D eigenvalue weighted by Gasteiger charge is -2.07. The van der Waals surface area contributed by atoms with Gasteiger partial charge in [0.25, 0.3) is 0 Å². The van der Waals surface area contributed by atoms with Crippen LogP contribution < -0.4 is 5.73 Å². The molecule has 1 aromatic rings. The maximum atomic E-state index is 11.5. The van der Waals surface area contributed by atoms with Crippen molar-refractivity contribution in [3.63, 3.8) is 0 Å². The molecule has 0 amide bonds. The fraction of sp³-hybridized carbons (Fsp3) is 0.462. The number of rotatable bonds is 6. The molecule has 4 heteroatoms. The first-order valence-electron chi connectivity index (χ1n) is 5.82. The standard InChI is InChI=1S/C13H17NO3/c14-12-4-2-1-3-11(12)7-13(15)17-9-16-8-10-5-6-10/h1-4,10H,5-9,14H2. The van der Waals surface area contributed by atoms with Gasteiger partial charge in [-0.25, -0.2) is 0 Å². The number of hydrogen-bond donors (Lipinski definition) is 1. The summed E-state index contributed by atoms with van der Waals surface area (Å²) in [6.45, 7) is 0.739. The number of hydrogen-bond acceptors (Lipinski definition) is 4. The predicted octanol–water partition coefficient (Wildman–Crippen LogP) is 1.74. The van der Waals surface area contributed by atoms with Gasteiger partial charge in [0, 0.05) is 5.69 Å². The molecule has 0 bridgehead atoms. The van der Waals surface area contributed by atoms with E-state index in [4.69, 9.17) is 15.2 Å². The average molecular weight is 235 g/mol. The second-order valence-electron chi connectivity index (χ2n) is 4.32. The number of esters is 1. The van der Waals surface area contributed by atoms with Crippen LogP contribution in [-0.4, -0.2) is 19.4 Å². The summed E-state index contributed by atoms with van der Waals surface area (Å²) in [5.41, 5.74) is 7.14. The zero-order valence-corrected chi connectivity index (χ0v) is 9.72. The van der Waals surface area contributed by atoms with Gasteiger partial charge < -0.3 is 15.2 Å². The number of ether oxygens (including phenoxy) is 2. The molecule has 2 rings (SSSR count). The van der Waals surface area contributed by atoms with Crippen molar-refractivity contribution >= 4 is 11.7 Å². The van der Waals surface area contributed by atoms with Gasteiger partial charge >= 0.3 is 5.97 Å². The minimum atomic E-state index is -0.307. The first-order chi connectivity index (χ1) is 8.25. The van der Waals surface area contributed by atoms with Gasteiger partial charge in [0.1, 0.15) is 0 Å². The maximum Gasteiger partial charge on any atom is 0.312 e. The van der Waals surface area contributed by atoms with Crippen LogP contribution in [0.15, 0.2) is 24.3 Å². The Balaban J connectivity index is 1.67. The molecule has 0 unspecified atom stereocenters. The van der Waals surface area contributed by atoms with Crippen LogP contribution in [0, 0.1) is 5.92 Å². The Hall–Kier alpha value is -1.55. The summed E-state index contributed by atoms with van der Waals surface area (Å²) in [4.78, 5) is 11.5. The average Bonchev–Trinajstić information content (AvgIpc) is 3.12. The summed E-state index contributed by atoms with van der Waals surface area (Å²) in [6, 6.07) is 7.28. The predicted molar refractivity (Wildman–Crippen MR) is 64.2 cm³/mol. The molecule has 1 aliphatic rings. The van der Waals surface area contributed by atoms with E-state index in [0.717, 1.165) is 5.56 Å². The number of para-hydroxylation sites is 1. The van der Waals surface area contributed by atoms with Gasteiger partial charge in [-0.15, -0.1) is 0 Å². The van der Waals surface area contributed by atoms with E-state index in [1.807, 2.05) is 18.2 Å². The fourth-order valence-corrected chi connectivity index (χ4v) is 1.51. The van der Waals surface area contributed by atoms with E-state index in [1.54, 1.807) is 6.07 Å². The third-order valence-electron chi connectivity index (χ3n) is 2.74. The summed E-state index contributed by atoms with van der Waals surface area (Å²) in [5, 5.41) is 0. The van der Waals surface area contributed by atoms with Crippen molar-refractivity contribution in [3.8, 4) is 0 Å². The molecule has 0 aromatic heterocycles. The smallest absolute Gasteiger partial charge is 0.312 e. The highest BCUT2D eigenvalue weighted by Gasteiger charge is 2.21.